The fourth-order valence-corrected chi connectivity index (χ4v) is 2.63. The number of aromatic nitrogens is 2. The molecule has 2 N–H and O–H groups in total. The normalized spacial score (nSPS) is 11.4. The summed E-state index contributed by atoms with van der Waals surface area (Å²) in [5.74, 6) is 2.16. The average molecular weight is 401 g/mol. The Morgan fingerprint density at radius 3 is 2.40 bits per heavy atom. The molecule has 0 aliphatic rings. The van der Waals surface area contributed by atoms with Crippen LogP contribution in [0.3, 0.4) is 0 Å². The second-order valence-corrected chi connectivity index (χ2v) is 7.15. The van der Waals surface area contributed by atoms with Crippen molar-refractivity contribution in [1.29, 1.82) is 0 Å². The van der Waals surface area contributed by atoms with Crippen molar-refractivity contribution >= 4 is 37.7 Å². The van der Waals surface area contributed by atoms with Gasteiger partial charge < -0.3 is 10.5 Å². The Morgan fingerprint density at radius 2 is 1.80 bits per heavy atom. The van der Waals surface area contributed by atoms with Crippen molar-refractivity contribution in [2.75, 3.05) is 5.73 Å². The zero-order chi connectivity index (χ0) is 14.9. The highest BCUT2D eigenvalue weighted by atomic mass is 79.9. The summed E-state index contributed by atoms with van der Waals surface area (Å²) < 4.78 is 7.58. The van der Waals surface area contributed by atoms with Gasteiger partial charge in [-0.3, -0.25) is 0 Å². The molecule has 0 radical (unpaired) electrons. The van der Waals surface area contributed by atoms with Crippen LogP contribution in [0.4, 0.5) is 5.82 Å². The number of ether oxygens (including phenoxy) is 1. The maximum absolute atomic E-state index is 5.82. The quantitative estimate of drug-likeness (QED) is 0.795. The van der Waals surface area contributed by atoms with Crippen LogP contribution in [0.2, 0.25) is 0 Å². The van der Waals surface area contributed by atoms with Gasteiger partial charge in [0.05, 0.1) is 4.47 Å². The van der Waals surface area contributed by atoms with Crippen molar-refractivity contribution in [2.45, 2.75) is 26.2 Å². The molecular weight excluding hydrogens is 386 g/mol. The molecule has 0 unspecified atom stereocenters. The van der Waals surface area contributed by atoms with Gasteiger partial charge in [-0.25, -0.2) is 4.98 Å². The Kier molecular flexibility index (Phi) is 4.34. The van der Waals surface area contributed by atoms with Crippen LogP contribution in [0.25, 0.3) is 0 Å². The van der Waals surface area contributed by atoms with E-state index in [2.05, 4.69) is 41.8 Å². The standard InChI is InChI=1S/C14H15Br2N3O/c1-14(2,3)13-18-11(17)7-12(19-13)20-10-5-4-8(15)6-9(10)16/h4-7H,1-3H3,(H2,17,18,19). The van der Waals surface area contributed by atoms with E-state index in [0.717, 1.165) is 8.95 Å². The summed E-state index contributed by atoms with van der Waals surface area (Å²) >= 11 is 6.85. The second-order valence-electron chi connectivity index (χ2n) is 5.38. The van der Waals surface area contributed by atoms with E-state index in [0.29, 0.717) is 23.3 Å². The first-order chi connectivity index (χ1) is 9.25. The zero-order valence-corrected chi connectivity index (χ0v) is 14.6. The highest BCUT2D eigenvalue weighted by Gasteiger charge is 2.19. The maximum Gasteiger partial charge on any atom is 0.224 e. The summed E-state index contributed by atoms with van der Waals surface area (Å²) in [6.07, 6.45) is 0. The van der Waals surface area contributed by atoms with Crippen LogP contribution in [0.1, 0.15) is 26.6 Å². The van der Waals surface area contributed by atoms with Crippen molar-refractivity contribution in [1.82, 2.24) is 9.97 Å². The molecule has 4 nitrogen and oxygen atoms in total. The number of rotatable bonds is 2. The molecule has 0 saturated carbocycles. The van der Waals surface area contributed by atoms with E-state index in [-0.39, 0.29) is 5.41 Å². The highest BCUT2D eigenvalue weighted by Crippen LogP contribution is 2.32. The fraction of sp³-hybridized carbons (Fsp3) is 0.286. The molecule has 0 aliphatic carbocycles. The minimum Gasteiger partial charge on any atom is -0.438 e. The number of halogens is 2. The summed E-state index contributed by atoms with van der Waals surface area (Å²) in [6.45, 7) is 6.09. The summed E-state index contributed by atoms with van der Waals surface area (Å²) in [5, 5.41) is 0. The Labute approximate surface area is 135 Å². The van der Waals surface area contributed by atoms with Crippen molar-refractivity contribution in [3.63, 3.8) is 0 Å². The van der Waals surface area contributed by atoms with E-state index in [9.17, 15) is 0 Å². The first-order valence-corrected chi connectivity index (χ1v) is 7.62. The lowest BCUT2D eigenvalue weighted by Crippen LogP contribution is -2.17. The number of anilines is 1. The van der Waals surface area contributed by atoms with Gasteiger partial charge in [-0.2, -0.15) is 4.98 Å². The Bertz CT molecular complexity index is 639. The van der Waals surface area contributed by atoms with Crippen LogP contribution in [0.15, 0.2) is 33.2 Å². The van der Waals surface area contributed by atoms with E-state index in [4.69, 9.17) is 10.5 Å². The molecular formula is C14H15Br2N3O. The van der Waals surface area contributed by atoms with Crippen LogP contribution in [-0.2, 0) is 5.41 Å². The number of hydrogen-bond donors (Lipinski definition) is 1. The van der Waals surface area contributed by atoms with Crippen LogP contribution < -0.4 is 10.5 Å². The van der Waals surface area contributed by atoms with Crippen LogP contribution in [0, 0.1) is 0 Å². The van der Waals surface area contributed by atoms with Gasteiger partial charge in [-0.1, -0.05) is 36.7 Å². The molecule has 0 saturated heterocycles. The summed E-state index contributed by atoms with van der Waals surface area (Å²) in [5.41, 5.74) is 5.63. The van der Waals surface area contributed by atoms with Crippen molar-refractivity contribution < 1.29 is 4.74 Å². The molecule has 0 amide bonds. The fourth-order valence-electron chi connectivity index (χ4n) is 1.50. The molecule has 2 rings (SSSR count). The van der Waals surface area contributed by atoms with Gasteiger partial charge in [0.2, 0.25) is 5.88 Å². The molecule has 0 aliphatic heterocycles. The van der Waals surface area contributed by atoms with Gasteiger partial charge in [0.1, 0.15) is 17.4 Å². The van der Waals surface area contributed by atoms with E-state index in [1.165, 1.54) is 0 Å². The predicted octanol–water partition coefficient (Wildman–Crippen LogP) is 4.67. The van der Waals surface area contributed by atoms with E-state index in [1.54, 1.807) is 6.07 Å². The maximum atomic E-state index is 5.82. The number of nitrogens with zero attached hydrogens (tertiary/aromatic N) is 2. The van der Waals surface area contributed by atoms with Gasteiger partial charge in [0.15, 0.2) is 0 Å². The van der Waals surface area contributed by atoms with Gasteiger partial charge in [-0.05, 0) is 34.1 Å². The zero-order valence-electron chi connectivity index (χ0n) is 11.4. The molecule has 6 heteroatoms. The molecule has 1 aromatic heterocycles. The monoisotopic (exact) mass is 399 g/mol. The number of benzene rings is 1. The largest absolute Gasteiger partial charge is 0.438 e. The molecule has 20 heavy (non-hydrogen) atoms. The molecule has 106 valence electrons. The van der Waals surface area contributed by atoms with Crippen molar-refractivity contribution in [3.05, 3.63) is 39.0 Å². The predicted molar refractivity (Wildman–Crippen MR) is 87.1 cm³/mol. The first kappa shape index (κ1) is 15.3. The van der Waals surface area contributed by atoms with E-state index in [1.807, 2.05) is 39.0 Å². The SMILES string of the molecule is CC(C)(C)c1nc(N)cc(Oc2ccc(Br)cc2Br)n1. The average Bonchev–Trinajstić information content (AvgIpc) is 2.31. The number of nitrogen functional groups attached to an aromatic ring is 1. The Hall–Kier alpha value is -1.14. The third kappa shape index (κ3) is 3.70. The third-order valence-corrected chi connectivity index (χ3v) is 3.61. The topological polar surface area (TPSA) is 61.0 Å². The van der Waals surface area contributed by atoms with Crippen LogP contribution in [-0.4, -0.2) is 9.97 Å². The number of hydrogen-bond acceptors (Lipinski definition) is 4. The lowest BCUT2D eigenvalue weighted by Gasteiger charge is -2.17. The van der Waals surface area contributed by atoms with Crippen molar-refractivity contribution in [2.24, 2.45) is 0 Å². The lowest BCUT2D eigenvalue weighted by molar-refractivity contribution is 0.444. The summed E-state index contributed by atoms with van der Waals surface area (Å²) in [7, 11) is 0. The Morgan fingerprint density at radius 1 is 1.10 bits per heavy atom. The summed E-state index contributed by atoms with van der Waals surface area (Å²) in [4.78, 5) is 8.67. The van der Waals surface area contributed by atoms with Gasteiger partial charge in [0.25, 0.3) is 0 Å². The molecule has 0 spiro atoms. The van der Waals surface area contributed by atoms with Gasteiger partial charge >= 0.3 is 0 Å². The molecule has 0 fully saturated rings. The minimum absolute atomic E-state index is 0.190. The molecule has 0 atom stereocenters. The highest BCUT2D eigenvalue weighted by molar-refractivity contribution is 9.11. The van der Waals surface area contributed by atoms with Crippen molar-refractivity contribution in [3.8, 4) is 11.6 Å². The van der Waals surface area contributed by atoms with Crippen LogP contribution >= 0.6 is 31.9 Å². The van der Waals surface area contributed by atoms with Gasteiger partial charge in [-0.15, -0.1) is 0 Å². The minimum atomic E-state index is -0.190. The van der Waals surface area contributed by atoms with Crippen LogP contribution in [0.5, 0.6) is 11.6 Å². The molecule has 1 aromatic carbocycles. The first-order valence-electron chi connectivity index (χ1n) is 6.03. The lowest BCUT2D eigenvalue weighted by atomic mass is 9.96. The van der Waals surface area contributed by atoms with E-state index < -0.39 is 0 Å². The number of nitrogens with two attached hydrogens (primary N) is 1. The van der Waals surface area contributed by atoms with E-state index >= 15 is 0 Å². The molecule has 0 bridgehead atoms. The molecule has 1 heterocycles. The second kappa shape index (κ2) is 5.69. The molecule has 2 aromatic rings. The third-order valence-electron chi connectivity index (χ3n) is 2.50. The Balaban J connectivity index is 2.36. The summed E-state index contributed by atoms with van der Waals surface area (Å²) in [6, 6.07) is 7.27. The smallest absolute Gasteiger partial charge is 0.224 e. The van der Waals surface area contributed by atoms with Gasteiger partial charge in [0, 0.05) is 16.0 Å².